The van der Waals surface area contributed by atoms with E-state index in [1.807, 2.05) is 6.08 Å². The average molecular weight is 124 g/mol. The van der Waals surface area contributed by atoms with Gasteiger partial charge in [-0.3, -0.25) is 0 Å². The van der Waals surface area contributed by atoms with E-state index in [2.05, 4.69) is 19.9 Å². The van der Waals surface area contributed by atoms with Crippen LogP contribution in [0.1, 0.15) is 13.8 Å². The Kier molecular flexibility index (Phi) is 1.70. The van der Waals surface area contributed by atoms with Crippen LogP contribution in [0.3, 0.4) is 0 Å². The largest absolute Gasteiger partial charge is 0.303 e. The minimum Gasteiger partial charge on any atom is -0.303 e. The summed E-state index contributed by atoms with van der Waals surface area (Å²) in [4.78, 5) is 10.3. The maximum Gasteiger partial charge on any atom is 0.127 e. The lowest BCUT2D eigenvalue weighted by molar-refractivity contribution is -0.110. The molecule has 1 heteroatoms. The third-order valence-corrected chi connectivity index (χ3v) is 2.23. The lowest BCUT2D eigenvalue weighted by atomic mass is 9.92. The van der Waals surface area contributed by atoms with Gasteiger partial charge in [-0.15, -0.1) is 0 Å². The van der Waals surface area contributed by atoms with Crippen molar-refractivity contribution in [2.45, 2.75) is 13.8 Å². The Bertz CT molecular complexity index is 138. The Morgan fingerprint density at radius 1 is 1.33 bits per heavy atom. The van der Waals surface area contributed by atoms with E-state index in [0.29, 0.717) is 11.8 Å². The first-order chi connectivity index (χ1) is 4.25. The van der Waals surface area contributed by atoms with Gasteiger partial charge in [-0.05, 0) is 11.8 Å². The SMILES string of the molecule is CC1C=CC(C=O)C1C. The van der Waals surface area contributed by atoms with Crippen molar-refractivity contribution in [3.63, 3.8) is 0 Å². The molecule has 1 aliphatic rings. The molecule has 9 heavy (non-hydrogen) atoms. The fourth-order valence-corrected chi connectivity index (χ4v) is 1.17. The van der Waals surface area contributed by atoms with Gasteiger partial charge in [-0.1, -0.05) is 26.0 Å². The summed E-state index contributed by atoms with van der Waals surface area (Å²) in [5.74, 6) is 1.28. The van der Waals surface area contributed by atoms with Crippen LogP contribution in [0.2, 0.25) is 0 Å². The van der Waals surface area contributed by atoms with Gasteiger partial charge in [0.15, 0.2) is 0 Å². The van der Waals surface area contributed by atoms with E-state index in [1.54, 1.807) is 0 Å². The van der Waals surface area contributed by atoms with Crippen LogP contribution in [0.25, 0.3) is 0 Å². The first-order valence-corrected chi connectivity index (χ1v) is 3.39. The third kappa shape index (κ3) is 1.04. The summed E-state index contributed by atoms with van der Waals surface area (Å²) in [6, 6.07) is 0. The van der Waals surface area contributed by atoms with Gasteiger partial charge in [0, 0.05) is 5.92 Å². The first-order valence-electron chi connectivity index (χ1n) is 3.39. The second-order valence-electron chi connectivity index (χ2n) is 2.82. The van der Waals surface area contributed by atoms with E-state index < -0.39 is 0 Å². The zero-order chi connectivity index (χ0) is 6.85. The molecule has 0 amide bonds. The van der Waals surface area contributed by atoms with Gasteiger partial charge in [-0.2, -0.15) is 0 Å². The van der Waals surface area contributed by atoms with Crippen LogP contribution in [0, 0.1) is 17.8 Å². The second-order valence-corrected chi connectivity index (χ2v) is 2.82. The molecule has 0 saturated heterocycles. The van der Waals surface area contributed by atoms with Crippen molar-refractivity contribution in [2.75, 3.05) is 0 Å². The second kappa shape index (κ2) is 2.34. The van der Waals surface area contributed by atoms with Crippen LogP contribution >= 0.6 is 0 Å². The van der Waals surface area contributed by atoms with Gasteiger partial charge in [0.25, 0.3) is 0 Å². The topological polar surface area (TPSA) is 17.1 Å². The molecule has 0 aromatic carbocycles. The van der Waals surface area contributed by atoms with Gasteiger partial charge >= 0.3 is 0 Å². The molecule has 1 nitrogen and oxygen atoms in total. The number of hydrogen-bond acceptors (Lipinski definition) is 1. The van der Waals surface area contributed by atoms with Crippen LogP contribution in [0.15, 0.2) is 12.2 Å². The zero-order valence-electron chi connectivity index (χ0n) is 5.87. The molecule has 1 aliphatic carbocycles. The van der Waals surface area contributed by atoms with Crippen molar-refractivity contribution in [3.05, 3.63) is 12.2 Å². The van der Waals surface area contributed by atoms with Crippen molar-refractivity contribution in [1.82, 2.24) is 0 Å². The molecule has 3 unspecified atom stereocenters. The van der Waals surface area contributed by atoms with E-state index in [0.717, 1.165) is 6.29 Å². The third-order valence-electron chi connectivity index (χ3n) is 2.23. The Balaban J connectivity index is 2.61. The number of rotatable bonds is 1. The number of carbonyl (C=O) groups is 1. The quantitative estimate of drug-likeness (QED) is 0.383. The van der Waals surface area contributed by atoms with Gasteiger partial charge in [0.05, 0.1) is 0 Å². The normalized spacial score (nSPS) is 41.3. The smallest absolute Gasteiger partial charge is 0.127 e. The molecule has 0 radical (unpaired) electrons. The lowest BCUT2D eigenvalue weighted by Gasteiger charge is -2.11. The standard InChI is InChI=1S/C8H12O/c1-6-3-4-8(5-9)7(6)2/h3-8H,1-2H3. The fraction of sp³-hybridized carbons (Fsp3) is 0.625. The van der Waals surface area contributed by atoms with Crippen LogP contribution < -0.4 is 0 Å². The summed E-state index contributed by atoms with van der Waals surface area (Å²) in [6.07, 6.45) is 5.15. The van der Waals surface area contributed by atoms with E-state index in [4.69, 9.17) is 0 Å². The van der Waals surface area contributed by atoms with Crippen molar-refractivity contribution < 1.29 is 4.79 Å². The number of allylic oxidation sites excluding steroid dienone is 2. The molecule has 0 spiro atoms. The summed E-state index contributed by atoms with van der Waals surface area (Å²) in [6.45, 7) is 4.26. The van der Waals surface area contributed by atoms with Crippen molar-refractivity contribution in [2.24, 2.45) is 17.8 Å². The maximum atomic E-state index is 10.3. The molecule has 0 bridgehead atoms. The molecule has 3 atom stereocenters. The van der Waals surface area contributed by atoms with Crippen molar-refractivity contribution >= 4 is 6.29 Å². The van der Waals surface area contributed by atoms with Crippen LogP contribution in [-0.4, -0.2) is 6.29 Å². The maximum absolute atomic E-state index is 10.3. The lowest BCUT2D eigenvalue weighted by Crippen LogP contribution is -2.10. The van der Waals surface area contributed by atoms with E-state index >= 15 is 0 Å². The van der Waals surface area contributed by atoms with Gasteiger partial charge in [0.1, 0.15) is 6.29 Å². The molecule has 0 saturated carbocycles. The highest BCUT2D eigenvalue weighted by Gasteiger charge is 2.23. The van der Waals surface area contributed by atoms with Crippen molar-refractivity contribution in [1.29, 1.82) is 0 Å². The molecular weight excluding hydrogens is 112 g/mol. The van der Waals surface area contributed by atoms with Crippen LogP contribution in [0.4, 0.5) is 0 Å². The summed E-state index contributed by atoms with van der Waals surface area (Å²) in [7, 11) is 0. The summed E-state index contributed by atoms with van der Waals surface area (Å²) < 4.78 is 0. The summed E-state index contributed by atoms with van der Waals surface area (Å²) in [5, 5.41) is 0. The molecule has 0 aliphatic heterocycles. The Morgan fingerprint density at radius 2 is 2.00 bits per heavy atom. The molecule has 0 heterocycles. The highest BCUT2D eigenvalue weighted by Crippen LogP contribution is 2.27. The van der Waals surface area contributed by atoms with Gasteiger partial charge in [-0.25, -0.2) is 0 Å². The van der Waals surface area contributed by atoms with Crippen LogP contribution in [-0.2, 0) is 4.79 Å². The molecule has 0 aromatic heterocycles. The van der Waals surface area contributed by atoms with Crippen molar-refractivity contribution in [3.8, 4) is 0 Å². The number of aldehydes is 1. The highest BCUT2D eigenvalue weighted by atomic mass is 16.1. The zero-order valence-corrected chi connectivity index (χ0v) is 5.87. The van der Waals surface area contributed by atoms with Crippen LogP contribution in [0.5, 0.6) is 0 Å². The minimum absolute atomic E-state index is 0.181. The van der Waals surface area contributed by atoms with Gasteiger partial charge in [0.2, 0.25) is 0 Å². The molecular formula is C8H12O. The Hall–Kier alpha value is -0.590. The van der Waals surface area contributed by atoms with E-state index in [1.165, 1.54) is 0 Å². The Labute approximate surface area is 55.8 Å². The van der Waals surface area contributed by atoms with E-state index in [-0.39, 0.29) is 5.92 Å². The van der Waals surface area contributed by atoms with Gasteiger partial charge < -0.3 is 4.79 Å². The highest BCUT2D eigenvalue weighted by molar-refractivity contribution is 5.58. The fourth-order valence-electron chi connectivity index (χ4n) is 1.17. The average Bonchev–Trinajstić information content (AvgIpc) is 2.15. The predicted molar refractivity (Wildman–Crippen MR) is 37.0 cm³/mol. The molecule has 50 valence electrons. The molecule has 0 N–H and O–H groups in total. The predicted octanol–water partition coefficient (Wildman–Crippen LogP) is 1.64. The van der Waals surface area contributed by atoms with E-state index in [9.17, 15) is 4.79 Å². The molecule has 0 aromatic rings. The summed E-state index contributed by atoms with van der Waals surface area (Å²) >= 11 is 0. The summed E-state index contributed by atoms with van der Waals surface area (Å²) in [5.41, 5.74) is 0. The first kappa shape index (κ1) is 6.53. The number of carbonyl (C=O) groups excluding carboxylic acids is 1. The molecule has 0 fully saturated rings. The Morgan fingerprint density at radius 3 is 2.22 bits per heavy atom. The molecule has 1 rings (SSSR count). The number of hydrogen-bond donors (Lipinski definition) is 0. The minimum atomic E-state index is 0.181. The monoisotopic (exact) mass is 124 g/mol.